The first-order chi connectivity index (χ1) is 8.99. The summed E-state index contributed by atoms with van der Waals surface area (Å²) in [7, 11) is 0. The standard InChI is InChI=1S/C13H16N4O2/c1-7(12-8(2)16-17-9(12)3)15-13(19)10-4-5-11(18)14-6-10/h4-7H,1-3H3,(H,14,18)(H,15,19)(H,16,17)/t7-/m1/s1. The first-order valence-corrected chi connectivity index (χ1v) is 6.00. The topological polar surface area (TPSA) is 90.6 Å². The highest BCUT2D eigenvalue weighted by Gasteiger charge is 2.17. The second kappa shape index (κ2) is 5.09. The van der Waals surface area contributed by atoms with Gasteiger partial charge in [-0.05, 0) is 26.8 Å². The van der Waals surface area contributed by atoms with Crippen molar-refractivity contribution in [3.05, 3.63) is 51.2 Å². The number of H-pyrrole nitrogens is 2. The molecular formula is C13H16N4O2. The molecule has 0 aromatic carbocycles. The summed E-state index contributed by atoms with van der Waals surface area (Å²) in [5.74, 6) is -0.233. The van der Waals surface area contributed by atoms with Crippen LogP contribution >= 0.6 is 0 Å². The van der Waals surface area contributed by atoms with E-state index in [0.29, 0.717) is 5.56 Å². The molecular weight excluding hydrogens is 244 g/mol. The van der Waals surface area contributed by atoms with Gasteiger partial charge in [0.25, 0.3) is 5.91 Å². The number of carbonyl (C=O) groups excluding carboxylic acids is 1. The fraction of sp³-hybridized carbons (Fsp3) is 0.308. The molecule has 100 valence electrons. The molecule has 6 heteroatoms. The number of amides is 1. The largest absolute Gasteiger partial charge is 0.345 e. The summed E-state index contributed by atoms with van der Waals surface area (Å²) in [6.45, 7) is 5.70. The maximum Gasteiger partial charge on any atom is 0.253 e. The van der Waals surface area contributed by atoms with Crippen LogP contribution in [0.5, 0.6) is 0 Å². The Bertz CT molecular complexity index is 617. The number of aryl methyl sites for hydroxylation is 2. The number of aromatic nitrogens is 3. The van der Waals surface area contributed by atoms with Crippen LogP contribution in [-0.2, 0) is 0 Å². The van der Waals surface area contributed by atoms with Gasteiger partial charge in [-0.2, -0.15) is 5.10 Å². The van der Waals surface area contributed by atoms with E-state index in [1.54, 1.807) is 0 Å². The van der Waals surface area contributed by atoms with Crippen LogP contribution in [0.1, 0.15) is 40.3 Å². The minimum absolute atomic E-state index is 0.154. The number of carbonyl (C=O) groups is 1. The van der Waals surface area contributed by atoms with Gasteiger partial charge in [0.15, 0.2) is 0 Å². The highest BCUT2D eigenvalue weighted by atomic mass is 16.2. The molecule has 0 unspecified atom stereocenters. The minimum atomic E-state index is -0.233. The van der Waals surface area contributed by atoms with E-state index < -0.39 is 0 Å². The second-order valence-electron chi connectivity index (χ2n) is 4.48. The van der Waals surface area contributed by atoms with E-state index >= 15 is 0 Å². The first-order valence-electron chi connectivity index (χ1n) is 6.00. The van der Waals surface area contributed by atoms with Crippen molar-refractivity contribution in [1.29, 1.82) is 0 Å². The second-order valence-corrected chi connectivity index (χ2v) is 4.48. The van der Waals surface area contributed by atoms with Crippen molar-refractivity contribution in [3.8, 4) is 0 Å². The van der Waals surface area contributed by atoms with E-state index in [2.05, 4.69) is 20.5 Å². The number of nitrogens with one attached hydrogen (secondary N) is 3. The molecule has 0 aliphatic heterocycles. The lowest BCUT2D eigenvalue weighted by molar-refractivity contribution is 0.0939. The van der Waals surface area contributed by atoms with Crippen LogP contribution < -0.4 is 10.9 Å². The fourth-order valence-electron chi connectivity index (χ4n) is 2.10. The summed E-state index contributed by atoms with van der Waals surface area (Å²) in [5.41, 5.74) is 2.98. The molecule has 1 atom stereocenters. The number of hydrogen-bond acceptors (Lipinski definition) is 3. The van der Waals surface area contributed by atoms with Gasteiger partial charge in [-0.3, -0.25) is 14.7 Å². The summed E-state index contributed by atoms with van der Waals surface area (Å²) < 4.78 is 0. The molecule has 2 rings (SSSR count). The fourth-order valence-corrected chi connectivity index (χ4v) is 2.10. The summed E-state index contributed by atoms with van der Waals surface area (Å²) in [4.78, 5) is 25.4. The molecule has 0 aliphatic rings. The quantitative estimate of drug-likeness (QED) is 0.774. The normalized spacial score (nSPS) is 12.2. The van der Waals surface area contributed by atoms with Crippen LogP contribution in [0.4, 0.5) is 0 Å². The highest BCUT2D eigenvalue weighted by Crippen LogP contribution is 2.19. The highest BCUT2D eigenvalue weighted by molar-refractivity contribution is 5.94. The van der Waals surface area contributed by atoms with Crippen molar-refractivity contribution < 1.29 is 4.79 Å². The molecule has 0 saturated heterocycles. The van der Waals surface area contributed by atoms with Gasteiger partial charge in [-0.25, -0.2) is 0 Å². The van der Waals surface area contributed by atoms with Crippen molar-refractivity contribution in [3.63, 3.8) is 0 Å². The van der Waals surface area contributed by atoms with Crippen molar-refractivity contribution >= 4 is 5.91 Å². The summed E-state index contributed by atoms with van der Waals surface area (Å²) in [6.07, 6.45) is 1.40. The third-order valence-electron chi connectivity index (χ3n) is 3.01. The van der Waals surface area contributed by atoms with E-state index in [4.69, 9.17) is 0 Å². The lowest BCUT2D eigenvalue weighted by atomic mass is 10.1. The van der Waals surface area contributed by atoms with E-state index in [1.165, 1.54) is 18.3 Å². The third kappa shape index (κ3) is 2.73. The lowest BCUT2D eigenvalue weighted by Crippen LogP contribution is -2.27. The molecule has 2 heterocycles. The molecule has 2 aromatic rings. The SMILES string of the molecule is Cc1n[nH]c(C)c1[C@@H](C)NC(=O)c1ccc(=O)[nH]c1. The van der Waals surface area contributed by atoms with Crippen LogP contribution in [0.25, 0.3) is 0 Å². The number of rotatable bonds is 3. The zero-order chi connectivity index (χ0) is 14.0. The molecule has 0 bridgehead atoms. The van der Waals surface area contributed by atoms with Gasteiger partial charge in [-0.15, -0.1) is 0 Å². The van der Waals surface area contributed by atoms with E-state index in [1.807, 2.05) is 20.8 Å². The average molecular weight is 260 g/mol. The van der Waals surface area contributed by atoms with Gasteiger partial charge < -0.3 is 10.3 Å². The maximum atomic E-state index is 12.0. The molecule has 0 aliphatic carbocycles. The van der Waals surface area contributed by atoms with Crippen LogP contribution in [0, 0.1) is 13.8 Å². The van der Waals surface area contributed by atoms with Crippen molar-refractivity contribution in [2.75, 3.05) is 0 Å². The molecule has 0 spiro atoms. The zero-order valence-electron chi connectivity index (χ0n) is 11.1. The molecule has 0 saturated carbocycles. The molecule has 0 fully saturated rings. The Morgan fingerprint density at radius 3 is 2.63 bits per heavy atom. The Kier molecular flexibility index (Phi) is 3.50. The van der Waals surface area contributed by atoms with Gasteiger partial charge in [0.2, 0.25) is 5.56 Å². The van der Waals surface area contributed by atoms with Crippen LogP contribution in [0.15, 0.2) is 23.1 Å². The third-order valence-corrected chi connectivity index (χ3v) is 3.01. The predicted molar refractivity (Wildman–Crippen MR) is 71.0 cm³/mol. The molecule has 0 radical (unpaired) electrons. The van der Waals surface area contributed by atoms with Gasteiger partial charge in [0.05, 0.1) is 17.3 Å². The summed E-state index contributed by atoms with van der Waals surface area (Å²) >= 11 is 0. The van der Waals surface area contributed by atoms with Crippen LogP contribution in [-0.4, -0.2) is 21.1 Å². The van der Waals surface area contributed by atoms with E-state index in [0.717, 1.165) is 17.0 Å². The number of nitrogens with zero attached hydrogens (tertiary/aromatic N) is 1. The van der Waals surface area contributed by atoms with Crippen molar-refractivity contribution in [2.45, 2.75) is 26.8 Å². The Balaban J connectivity index is 2.15. The minimum Gasteiger partial charge on any atom is -0.345 e. The Hall–Kier alpha value is -2.37. The zero-order valence-corrected chi connectivity index (χ0v) is 11.1. The molecule has 2 aromatic heterocycles. The summed E-state index contributed by atoms with van der Waals surface area (Å²) in [6, 6.07) is 2.67. The number of pyridine rings is 1. The molecule has 6 nitrogen and oxygen atoms in total. The molecule has 1 amide bonds. The van der Waals surface area contributed by atoms with Gasteiger partial charge in [0, 0.05) is 23.5 Å². The Labute approximate surface area is 110 Å². The monoisotopic (exact) mass is 260 g/mol. The maximum absolute atomic E-state index is 12.0. The Morgan fingerprint density at radius 1 is 1.37 bits per heavy atom. The van der Waals surface area contributed by atoms with E-state index in [-0.39, 0.29) is 17.5 Å². The van der Waals surface area contributed by atoms with Gasteiger partial charge in [0.1, 0.15) is 0 Å². The Morgan fingerprint density at radius 2 is 2.11 bits per heavy atom. The van der Waals surface area contributed by atoms with Crippen LogP contribution in [0.3, 0.4) is 0 Å². The van der Waals surface area contributed by atoms with Crippen LogP contribution in [0.2, 0.25) is 0 Å². The summed E-state index contributed by atoms with van der Waals surface area (Å²) in [5, 5.41) is 9.87. The first kappa shape index (κ1) is 13.1. The van der Waals surface area contributed by atoms with E-state index in [9.17, 15) is 9.59 Å². The lowest BCUT2D eigenvalue weighted by Gasteiger charge is -2.14. The van der Waals surface area contributed by atoms with Gasteiger partial charge in [-0.1, -0.05) is 0 Å². The molecule has 19 heavy (non-hydrogen) atoms. The van der Waals surface area contributed by atoms with Gasteiger partial charge >= 0.3 is 0 Å². The number of aromatic amines is 2. The van der Waals surface area contributed by atoms with Crippen molar-refractivity contribution in [2.24, 2.45) is 0 Å². The smallest absolute Gasteiger partial charge is 0.253 e. The molecule has 3 N–H and O–H groups in total. The van der Waals surface area contributed by atoms with Crippen molar-refractivity contribution in [1.82, 2.24) is 20.5 Å². The average Bonchev–Trinajstić information content (AvgIpc) is 2.69. The predicted octanol–water partition coefficient (Wildman–Crippen LogP) is 1.21. The number of hydrogen-bond donors (Lipinski definition) is 3.